The zero-order valence-electron chi connectivity index (χ0n) is 10.2. The van der Waals surface area contributed by atoms with Crippen LogP contribution in [0.4, 0.5) is 0 Å². The number of hydrogen-bond donors (Lipinski definition) is 1. The SMILES string of the molecule is CCC1CCN(C2COc3cc(O)ccc32)C1. The topological polar surface area (TPSA) is 32.7 Å². The molecule has 1 saturated heterocycles. The minimum absolute atomic E-state index is 0.289. The van der Waals surface area contributed by atoms with E-state index in [9.17, 15) is 5.11 Å². The van der Waals surface area contributed by atoms with Gasteiger partial charge in [0.25, 0.3) is 0 Å². The van der Waals surface area contributed by atoms with Crippen molar-refractivity contribution >= 4 is 0 Å². The average Bonchev–Trinajstić information content (AvgIpc) is 2.93. The summed E-state index contributed by atoms with van der Waals surface area (Å²) in [5.74, 6) is 1.99. The summed E-state index contributed by atoms with van der Waals surface area (Å²) in [6, 6.07) is 5.88. The Morgan fingerprint density at radius 3 is 3.12 bits per heavy atom. The molecular weight excluding hydrogens is 214 g/mol. The maximum atomic E-state index is 9.43. The molecular formula is C14H19NO2. The van der Waals surface area contributed by atoms with Gasteiger partial charge in [-0.25, -0.2) is 0 Å². The molecule has 92 valence electrons. The van der Waals surface area contributed by atoms with E-state index in [1.807, 2.05) is 6.07 Å². The van der Waals surface area contributed by atoms with Crippen LogP contribution in [0.15, 0.2) is 18.2 Å². The smallest absolute Gasteiger partial charge is 0.127 e. The normalized spacial score (nSPS) is 28.1. The quantitative estimate of drug-likeness (QED) is 0.852. The number of likely N-dealkylation sites (tertiary alicyclic amines) is 1. The largest absolute Gasteiger partial charge is 0.508 e. The van der Waals surface area contributed by atoms with E-state index >= 15 is 0 Å². The third-order valence-corrected chi connectivity index (χ3v) is 4.09. The van der Waals surface area contributed by atoms with Gasteiger partial charge in [-0.15, -0.1) is 0 Å². The Kier molecular flexibility index (Phi) is 2.71. The average molecular weight is 233 g/mol. The lowest BCUT2D eigenvalue weighted by molar-refractivity contribution is 0.189. The summed E-state index contributed by atoms with van der Waals surface area (Å²) in [6.45, 7) is 5.36. The van der Waals surface area contributed by atoms with E-state index in [0.29, 0.717) is 6.04 Å². The van der Waals surface area contributed by atoms with Crippen molar-refractivity contribution in [2.75, 3.05) is 19.7 Å². The molecule has 0 saturated carbocycles. The van der Waals surface area contributed by atoms with E-state index in [4.69, 9.17) is 4.74 Å². The molecule has 1 aromatic carbocycles. The van der Waals surface area contributed by atoms with Gasteiger partial charge in [0.05, 0.1) is 6.04 Å². The Morgan fingerprint density at radius 2 is 2.35 bits per heavy atom. The van der Waals surface area contributed by atoms with Crippen LogP contribution in [-0.4, -0.2) is 29.7 Å². The number of phenolic OH excluding ortho intramolecular Hbond substituents is 1. The van der Waals surface area contributed by atoms with E-state index in [1.54, 1.807) is 12.1 Å². The van der Waals surface area contributed by atoms with Gasteiger partial charge in [-0.1, -0.05) is 13.3 Å². The van der Waals surface area contributed by atoms with Gasteiger partial charge in [0.1, 0.15) is 18.1 Å². The summed E-state index contributed by atoms with van der Waals surface area (Å²) >= 11 is 0. The Hall–Kier alpha value is -1.22. The molecule has 3 nitrogen and oxygen atoms in total. The first-order chi connectivity index (χ1) is 8.28. The first-order valence-electron chi connectivity index (χ1n) is 6.47. The molecule has 0 spiro atoms. The zero-order valence-corrected chi connectivity index (χ0v) is 10.2. The molecule has 2 aliphatic heterocycles. The van der Waals surface area contributed by atoms with Crippen molar-refractivity contribution in [1.82, 2.24) is 4.90 Å². The summed E-state index contributed by atoms with van der Waals surface area (Å²) in [4.78, 5) is 2.52. The fourth-order valence-corrected chi connectivity index (χ4v) is 2.96. The number of benzene rings is 1. The van der Waals surface area contributed by atoms with Crippen molar-refractivity contribution in [2.45, 2.75) is 25.8 Å². The number of fused-ring (bicyclic) bond motifs is 1. The van der Waals surface area contributed by atoms with Crippen molar-refractivity contribution in [2.24, 2.45) is 5.92 Å². The number of hydrogen-bond acceptors (Lipinski definition) is 3. The minimum atomic E-state index is 0.289. The van der Waals surface area contributed by atoms with Crippen LogP contribution in [0.5, 0.6) is 11.5 Å². The lowest BCUT2D eigenvalue weighted by Gasteiger charge is -2.22. The molecule has 0 radical (unpaired) electrons. The lowest BCUT2D eigenvalue weighted by Crippen LogP contribution is -2.27. The highest BCUT2D eigenvalue weighted by atomic mass is 16.5. The third kappa shape index (κ3) is 1.89. The van der Waals surface area contributed by atoms with E-state index in [1.165, 1.54) is 31.5 Å². The summed E-state index contributed by atoms with van der Waals surface area (Å²) in [5.41, 5.74) is 1.24. The highest BCUT2D eigenvalue weighted by Crippen LogP contribution is 2.40. The molecule has 1 aromatic rings. The Balaban J connectivity index is 1.80. The fourth-order valence-electron chi connectivity index (χ4n) is 2.96. The molecule has 2 heterocycles. The molecule has 0 amide bonds. The van der Waals surface area contributed by atoms with Crippen LogP contribution < -0.4 is 4.74 Å². The summed E-state index contributed by atoms with van der Waals surface area (Å²) in [6.07, 6.45) is 2.58. The second kappa shape index (κ2) is 4.22. The van der Waals surface area contributed by atoms with Crippen molar-refractivity contribution in [3.05, 3.63) is 23.8 Å². The fraction of sp³-hybridized carbons (Fsp3) is 0.571. The molecule has 2 atom stereocenters. The second-order valence-electron chi connectivity index (χ2n) is 5.11. The molecule has 3 heteroatoms. The Bertz CT molecular complexity index is 419. The molecule has 0 bridgehead atoms. The van der Waals surface area contributed by atoms with E-state index < -0.39 is 0 Å². The van der Waals surface area contributed by atoms with Crippen LogP contribution in [0.1, 0.15) is 31.4 Å². The maximum Gasteiger partial charge on any atom is 0.127 e. The van der Waals surface area contributed by atoms with Gasteiger partial charge in [0.15, 0.2) is 0 Å². The molecule has 0 aliphatic carbocycles. The van der Waals surface area contributed by atoms with E-state index in [-0.39, 0.29) is 5.75 Å². The van der Waals surface area contributed by atoms with Crippen LogP contribution in [0.25, 0.3) is 0 Å². The number of aromatic hydroxyl groups is 1. The van der Waals surface area contributed by atoms with E-state index in [2.05, 4.69) is 11.8 Å². The van der Waals surface area contributed by atoms with Crippen LogP contribution in [0, 0.1) is 5.92 Å². The van der Waals surface area contributed by atoms with Crippen LogP contribution in [0.2, 0.25) is 0 Å². The molecule has 2 unspecified atom stereocenters. The maximum absolute atomic E-state index is 9.43. The molecule has 17 heavy (non-hydrogen) atoms. The predicted octanol–water partition coefficient (Wildman–Crippen LogP) is 2.56. The predicted molar refractivity (Wildman–Crippen MR) is 66.3 cm³/mol. The van der Waals surface area contributed by atoms with Crippen LogP contribution in [-0.2, 0) is 0 Å². The molecule has 0 aromatic heterocycles. The van der Waals surface area contributed by atoms with Gasteiger partial charge in [0.2, 0.25) is 0 Å². The summed E-state index contributed by atoms with van der Waals surface area (Å²) < 4.78 is 5.67. The molecule has 1 fully saturated rings. The Labute approximate surface area is 102 Å². The number of phenols is 1. The number of nitrogens with zero attached hydrogens (tertiary/aromatic N) is 1. The highest BCUT2D eigenvalue weighted by molar-refractivity contribution is 5.44. The molecule has 2 aliphatic rings. The molecule has 3 rings (SSSR count). The monoisotopic (exact) mass is 233 g/mol. The standard InChI is InChI=1S/C14H19NO2/c1-2-10-5-6-15(8-10)13-9-17-14-7-11(16)3-4-12(13)14/h3-4,7,10,13,16H,2,5-6,8-9H2,1H3. The minimum Gasteiger partial charge on any atom is -0.508 e. The van der Waals surface area contributed by atoms with Gasteiger partial charge in [0, 0.05) is 18.2 Å². The number of rotatable bonds is 2. The van der Waals surface area contributed by atoms with Crippen molar-refractivity contribution in [3.63, 3.8) is 0 Å². The van der Waals surface area contributed by atoms with Crippen molar-refractivity contribution < 1.29 is 9.84 Å². The Morgan fingerprint density at radius 1 is 1.47 bits per heavy atom. The van der Waals surface area contributed by atoms with Gasteiger partial charge < -0.3 is 9.84 Å². The summed E-state index contributed by atoms with van der Waals surface area (Å²) in [7, 11) is 0. The first-order valence-corrected chi connectivity index (χ1v) is 6.47. The van der Waals surface area contributed by atoms with Crippen molar-refractivity contribution in [1.29, 1.82) is 0 Å². The van der Waals surface area contributed by atoms with Gasteiger partial charge in [-0.2, -0.15) is 0 Å². The van der Waals surface area contributed by atoms with Crippen molar-refractivity contribution in [3.8, 4) is 11.5 Å². The second-order valence-corrected chi connectivity index (χ2v) is 5.11. The van der Waals surface area contributed by atoms with Gasteiger partial charge in [-0.05, 0) is 31.0 Å². The third-order valence-electron chi connectivity index (χ3n) is 4.09. The summed E-state index contributed by atoms with van der Waals surface area (Å²) in [5, 5.41) is 9.43. The van der Waals surface area contributed by atoms with Gasteiger partial charge >= 0.3 is 0 Å². The van der Waals surface area contributed by atoms with Crippen LogP contribution in [0.3, 0.4) is 0 Å². The van der Waals surface area contributed by atoms with Crippen LogP contribution >= 0.6 is 0 Å². The first kappa shape index (κ1) is 10.9. The highest BCUT2D eigenvalue weighted by Gasteiger charge is 2.33. The lowest BCUT2D eigenvalue weighted by atomic mass is 10.1. The molecule has 1 N–H and O–H groups in total. The number of ether oxygens (including phenoxy) is 1. The van der Waals surface area contributed by atoms with Gasteiger partial charge in [-0.3, -0.25) is 4.90 Å². The van der Waals surface area contributed by atoms with E-state index in [0.717, 1.165) is 18.3 Å². The zero-order chi connectivity index (χ0) is 11.8.